The van der Waals surface area contributed by atoms with Crippen molar-refractivity contribution in [2.24, 2.45) is 5.92 Å². The lowest BCUT2D eigenvalue weighted by atomic mass is 9.83. The Labute approximate surface area is 180 Å². The molecule has 2 N–H and O–H groups in total. The number of carbonyl (C=O) groups is 1. The number of hydrogen-bond donors (Lipinski definition) is 2. The van der Waals surface area contributed by atoms with Gasteiger partial charge in [0.1, 0.15) is 11.3 Å². The number of pyridine rings is 1. The van der Waals surface area contributed by atoms with Gasteiger partial charge in [-0.1, -0.05) is 0 Å². The van der Waals surface area contributed by atoms with E-state index in [4.69, 9.17) is 4.74 Å². The van der Waals surface area contributed by atoms with Crippen molar-refractivity contribution < 1.29 is 31.5 Å². The number of carbonyl (C=O) groups excluding carboxylic acids is 1. The topological polar surface area (TPSA) is 75.6 Å². The van der Waals surface area contributed by atoms with Crippen LogP contribution in [-0.2, 0) is 17.3 Å². The highest BCUT2D eigenvalue weighted by Crippen LogP contribution is 2.39. The zero-order valence-corrected chi connectivity index (χ0v) is 17.2. The quantitative estimate of drug-likeness (QED) is 0.678. The molecule has 1 aliphatic carbocycles. The Kier molecular flexibility index (Phi) is 6.04. The van der Waals surface area contributed by atoms with Gasteiger partial charge in [-0.05, 0) is 44.1 Å². The zero-order valence-electron chi connectivity index (χ0n) is 17.2. The molecule has 3 heterocycles. The summed E-state index contributed by atoms with van der Waals surface area (Å²) in [5, 5.41) is 2.78. The van der Waals surface area contributed by atoms with Gasteiger partial charge in [-0.3, -0.25) is 14.0 Å². The normalized spacial score (nSPS) is 20.5. The number of H-pyrrole nitrogens is 1. The number of aromatic amines is 1. The molecule has 2 fully saturated rings. The third kappa shape index (κ3) is 4.82. The molecule has 0 spiro atoms. The molecule has 1 saturated carbocycles. The molecule has 4 rings (SSSR count). The predicted octanol–water partition coefficient (Wildman–Crippen LogP) is 3.92. The van der Waals surface area contributed by atoms with Crippen LogP contribution in [0.25, 0.3) is 5.65 Å². The van der Waals surface area contributed by atoms with Crippen molar-refractivity contribution >= 4 is 11.6 Å². The summed E-state index contributed by atoms with van der Waals surface area (Å²) >= 11 is 0. The molecule has 176 valence electrons. The van der Waals surface area contributed by atoms with Crippen LogP contribution in [0.5, 0.6) is 0 Å². The molecule has 2 aliphatic rings. The molecule has 1 aliphatic heterocycles. The number of hydrogen-bond acceptors (Lipinski definition) is 3. The molecular formula is C21H24F5N3O3. The van der Waals surface area contributed by atoms with Crippen LogP contribution in [0, 0.1) is 5.92 Å². The largest absolute Gasteiger partial charge is 0.433 e. The fourth-order valence-corrected chi connectivity index (χ4v) is 4.50. The molecule has 11 heteroatoms. The van der Waals surface area contributed by atoms with Crippen LogP contribution in [0.15, 0.2) is 16.9 Å². The Morgan fingerprint density at radius 3 is 2.44 bits per heavy atom. The van der Waals surface area contributed by atoms with Crippen molar-refractivity contribution in [2.45, 2.75) is 63.1 Å². The number of amides is 1. The van der Waals surface area contributed by atoms with Crippen molar-refractivity contribution in [1.82, 2.24) is 14.7 Å². The molecular weight excluding hydrogens is 437 g/mol. The molecule has 0 atom stereocenters. The maximum atomic E-state index is 13.7. The lowest BCUT2D eigenvalue weighted by Crippen LogP contribution is -2.39. The average molecular weight is 461 g/mol. The van der Waals surface area contributed by atoms with E-state index in [1.165, 1.54) is 6.07 Å². The Bertz CT molecular complexity index is 1040. The summed E-state index contributed by atoms with van der Waals surface area (Å²) in [4.78, 5) is 27.6. The highest BCUT2D eigenvalue weighted by molar-refractivity contribution is 5.95. The molecule has 1 saturated heterocycles. The van der Waals surface area contributed by atoms with Gasteiger partial charge in [0.05, 0.1) is 5.69 Å². The maximum absolute atomic E-state index is 13.7. The van der Waals surface area contributed by atoms with Crippen LogP contribution >= 0.6 is 0 Å². The van der Waals surface area contributed by atoms with Gasteiger partial charge >= 0.3 is 6.18 Å². The number of nitrogens with one attached hydrogen (secondary N) is 2. The monoisotopic (exact) mass is 461 g/mol. The van der Waals surface area contributed by atoms with E-state index in [1.807, 2.05) is 0 Å². The SMILES string of the molecule is O=C(NC1CCOCC1)c1cc(=O)n2c(CC3CCC(F)(F)CC3)c(C(F)(F)F)[nH]c2c1. The summed E-state index contributed by atoms with van der Waals surface area (Å²) in [7, 11) is 0. The zero-order chi connectivity index (χ0) is 23.1. The second-order valence-corrected chi connectivity index (χ2v) is 8.61. The van der Waals surface area contributed by atoms with Gasteiger partial charge in [-0.25, -0.2) is 8.78 Å². The molecule has 32 heavy (non-hydrogen) atoms. The summed E-state index contributed by atoms with van der Waals surface area (Å²) in [6.45, 7) is 0.989. The molecule has 6 nitrogen and oxygen atoms in total. The first-order chi connectivity index (χ1) is 15.0. The van der Waals surface area contributed by atoms with Gasteiger partial charge < -0.3 is 15.0 Å². The summed E-state index contributed by atoms with van der Waals surface area (Å²) in [5.74, 6) is -3.73. The van der Waals surface area contributed by atoms with Crippen molar-refractivity contribution in [3.05, 3.63) is 39.4 Å². The summed E-state index contributed by atoms with van der Waals surface area (Å²) in [6.07, 6.45) is -4.31. The maximum Gasteiger partial charge on any atom is 0.433 e. The van der Waals surface area contributed by atoms with Crippen molar-refractivity contribution in [3.63, 3.8) is 0 Å². The highest BCUT2D eigenvalue weighted by Gasteiger charge is 2.40. The summed E-state index contributed by atoms with van der Waals surface area (Å²) in [5.41, 5.74) is -2.35. The predicted molar refractivity (Wildman–Crippen MR) is 105 cm³/mol. The number of alkyl halides is 5. The number of ether oxygens (including phenoxy) is 1. The van der Waals surface area contributed by atoms with Gasteiger partial charge in [-0.2, -0.15) is 13.2 Å². The second-order valence-electron chi connectivity index (χ2n) is 8.61. The second kappa shape index (κ2) is 8.49. The van der Waals surface area contributed by atoms with Crippen LogP contribution in [-0.4, -0.2) is 40.5 Å². The molecule has 2 aromatic heterocycles. The number of aromatic nitrogens is 2. The lowest BCUT2D eigenvalue weighted by Gasteiger charge is -2.28. The minimum Gasteiger partial charge on any atom is -0.381 e. The third-order valence-electron chi connectivity index (χ3n) is 6.26. The number of nitrogens with zero attached hydrogens (tertiary/aromatic N) is 1. The molecule has 0 bridgehead atoms. The van der Waals surface area contributed by atoms with Gasteiger partial charge in [0, 0.05) is 43.7 Å². The van der Waals surface area contributed by atoms with Crippen LogP contribution in [0.4, 0.5) is 22.0 Å². The lowest BCUT2D eigenvalue weighted by molar-refractivity contribution is -0.141. The summed E-state index contributed by atoms with van der Waals surface area (Å²) < 4.78 is 74.1. The first-order valence-corrected chi connectivity index (χ1v) is 10.6. The van der Waals surface area contributed by atoms with Gasteiger partial charge in [0.15, 0.2) is 0 Å². The van der Waals surface area contributed by atoms with E-state index < -0.39 is 35.2 Å². The Morgan fingerprint density at radius 1 is 1.16 bits per heavy atom. The van der Waals surface area contributed by atoms with Crippen LogP contribution in [0.3, 0.4) is 0 Å². The minimum absolute atomic E-state index is 0.0414. The van der Waals surface area contributed by atoms with Crippen molar-refractivity contribution in [3.8, 4) is 0 Å². The molecule has 1 amide bonds. The molecule has 0 unspecified atom stereocenters. The van der Waals surface area contributed by atoms with E-state index in [2.05, 4.69) is 10.3 Å². The third-order valence-corrected chi connectivity index (χ3v) is 6.26. The molecule has 2 aromatic rings. The Hall–Kier alpha value is -2.43. The average Bonchev–Trinajstić information content (AvgIpc) is 3.09. The smallest absolute Gasteiger partial charge is 0.381 e. The highest BCUT2D eigenvalue weighted by atomic mass is 19.4. The van der Waals surface area contributed by atoms with Gasteiger partial charge in [0.25, 0.3) is 11.5 Å². The summed E-state index contributed by atoms with van der Waals surface area (Å²) in [6, 6.07) is 2.09. The fourth-order valence-electron chi connectivity index (χ4n) is 4.50. The van der Waals surface area contributed by atoms with E-state index in [0.29, 0.717) is 26.1 Å². The van der Waals surface area contributed by atoms with E-state index in [0.717, 1.165) is 10.5 Å². The van der Waals surface area contributed by atoms with Crippen molar-refractivity contribution in [1.29, 1.82) is 0 Å². The van der Waals surface area contributed by atoms with Crippen LogP contribution in [0.2, 0.25) is 0 Å². The molecule has 0 aromatic carbocycles. The first-order valence-electron chi connectivity index (χ1n) is 10.6. The molecule has 0 radical (unpaired) electrons. The number of fused-ring (bicyclic) bond motifs is 1. The standard InChI is InChI=1S/C21H24F5N3O3/c22-20(23)5-1-12(2-6-20)9-15-18(21(24,25)26)28-16-10-13(11-17(30)29(15)16)19(31)27-14-3-7-32-8-4-14/h10-12,14,28H,1-9H2,(H,27,31). The fraction of sp³-hybridized carbons (Fsp3) is 0.619. The van der Waals surface area contributed by atoms with E-state index in [-0.39, 0.29) is 55.1 Å². The van der Waals surface area contributed by atoms with Crippen LogP contribution < -0.4 is 10.9 Å². The van der Waals surface area contributed by atoms with E-state index in [1.54, 1.807) is 0 Å². The number of halogens is 5. The number of imidazole rings is 1. The van der Waals surface area contributed by atoms with Gasteiger partial charge in [-0.15, -0.1) is 0 Å². The Balaban J connectivity index is 1.65. The van der Waals surface area contributed by atoms with Gasteiger partial charge in [0.2, 0.25) is 5.92 Å². The first kappa shape index (κ1) is 22.8. The minimum atomic E-state index is -4.77. The Morgan fingerprint density at radius 2 is 1.81 bits per heavy atom. The van der Waals surface area contributed by atoms with Crippen LogP contribution in [0.1, 0.15) is 60.3 Å². The van der Waals surface area contributed by atoms with Crippen molar-refractivity contribution in [2.75, 3.05) is 13.2 Å². The van der Waals surface area contributed by atoms with E-state index >= 15 is 0 Å². The van der Waals surface area contributed by atoms with E-state index in [9.17, 15) is 31.5 Å². The number of rotatable bonds is 4.